The van der Waals surface area contributed by atoms with Crippen LogP contribution in [-0.2, 0) is 13.1 Å². The van der Waals surface area contributed by atoms with E-state index >= 15 is 0 Å². The second-order valence-electron chi connectivity index (χ2n) is 8.50. The van der Waals surface area contributed by atoms with Crippen molar-refractivity contribution >= 4 is 10.9 Å². The molecule has 164 valence electrons. The first-order valence-corrected chi connectivity index (χ1v) is 10.8. The molecular formula is C24H29FN4O2. The van der Waals surface area contributed by atoms with Gasteiger partial charge in [0.05, 0.1) is 23.7 Å². The van der Waals surface area contributed by atoms with Crippen molar-refractivity contribution in [3.8, 4) is 5.75 Å². The van der Waals surface area contributed by atoms with Crippen LogP contribution in [0, 0.1) is 32.5 Å². The molecule has 0 atom stereocenters. The van der Waals surface area contributed by atoms with Gasteiger partial charge in [-0.1, -0.05) is 0 Å². The van der Waals surface area contributed by atoms with Gasteiger partial charge >= 0.3 is 0 Å². The molecule has 3 aromatic rings. The van der Waals surface area contributed by atoms with Crippen molar-refractivity contribution in [3.05, 3.63) is 63.2 Å². The number of methoxy groups -OCH3 is 1. The van der Waals surface area contributed by atoms with E-state index in [1.54, 1.807) is 11.7 Å². The summed E-state index contributed by atoms with van der Waals surface area (Å²) < 4.78 is 20.8. The summed E-state index contributed by atoms with van der Waals surface area (Å²) in [6.07, 6.45) is 3.90. The van der Waals surface area contributed by atoms with Gasteiger partial charge in [0.2, 0.25) is 0 Å². The zero-order chi connectivity index (χ0) is 22.1. The van der Waals surface area contributed by atoms with Gasteiger partial charge in [-0.05, 0) is 64.8 Å². The van der Waals surface area contributed by atoms with Crippen LogP contribution >= 0.6 is 0 Å². The molecule has 0 N–H and O–H groups in total. The molecule has 1 aliphatic rings. The average Bonchev–Trinajstić information content (AvgIpc) is 2.74. The van der Waals surface area contributed by atoms with Gasteiger partial charge in [-0.25, -0.2) is 9.37 Å². The van der Waals surface area contributed by atoms with Crippen LogP contribution in [-0.4, -0.2) is 39.6 Å². The number of aromatic nitrogens is 3. The summed E-state index contributed by atoms with van der Waals surface area (Å²) in [6, 6.07) is 4.17. The van der Waals surface area contributed by atoms with Crippen molar-refractivity contribution in [2.75, 3.05) is 20.2 Å². The Morgan fingerprint density at radius 2 is 1.94 bits per heavy atom. The van der Waals surface area contributed by atoms with Crippen molar-refractivity contribution in [2.45, 2.75) is 46.7 Å². The maximum atomic E-state index is 13.5. The lowest BCUT2D eigenvalue weighted by molar-refractivity contribution is 0.164. The van der Waals surface area contributed by atoms with Crippen LogP contribution in [0.15, 0.2) is 29.2 Å². The van der Waals surface area contributed by atoms with E-state index in [0.717, 1.165) is 55.0 Å². The zero-order valence-electron chi connectivity index (χ0n) is 18.6. The van der Waals surface area contributed by atoms with E-state index in [1.807, 2.05) is 20.0 Å². The highest BCUT2D eigenvalue weighted by atomic mass is 19.1. The summed E-state index contributed by atoms with van der Waals surface area (Å²) in [4.78, 5) is 24.4. The number of nitrogens with zero attached hydrogens (tertiary/aromatic N) is 4. The van der Waals surface area contributed by atoms with Crippen LogP contribution in [0.3, 0.4) is 0 Å². The molecular weight excluding hydrogens is 395 g/mol. The number of fused-ring (bicyclic) bond motifs is 1. The molecule has 1 aromatic carbocycles. The van der Waals surface area contributed by atoms with Crippen molar-refractivity contribution in [1.82, 2.24) is 19.4 Å². The first-order chi connectivity index (χ1) is 14.9. The van der Waals surface area contributed by atoms with E-state index in [2.05, 4.69) is 21.8 Å². The van der Waals surface area contributed by atoms with Crippen LogP contribution in [0.5, 0.6) is 5.75 Å². The number of pyridine rings is 1. The fourth-order valence-corrected chi connectivity index (χ4v) is 4.55. The largest absolute Gasteiger partial charge is 0.496 e. The Labute approximate surface area is 181 Å². The molecule has 1 saturated heterocycles. The Kier molecular flexibility index (Phi) is 6.05. The normalized spacial score (nSPS) is 15.5. The number of piperidine rings is 1. The van der Waals surface area contributed by atoms with E-state index in [9.17, 15) is 9.18 Å². The molecule has 31 heavy (non-hydrogen) atoms. The highest BCUT2D eigenvalue weighted by Gasteiger charge is 2.22. The topological polar surface area (TPSA) is 60.2 Å². The van der Waals surface area contributed by atoms with E-state index in [1.165, 1.54) is 18.2 Å². The molecule has 1 fully saturated rings. The van der Waals surface area contributed by atoms with Crippen molar-refractivity contribution in [1.29, 1.82) is 0 Å². The van der Waals surface area contributed by atoms with Gasteiger partial charge in [0, 0.05) is 36.5 Å². The molecule has 0 bridgehead atoms. The van der Waals surface area contributed by atoms with Crippen LogP contribution in [0.1, 0.15) is 35.5 Å². The number of likely N-dealkylation sites (tertiary alicyclic amines) is 1. The first kappa shape index (κ1) is 21.4. The zero-order valence-corrected chi connectivity index (χ0v) is 18.6. The maximum absolute atomic E-state index is 13.5. The van der Waals surface area contributed by atoms with Gasteiger partial charge in [0.1, 0.15) is 17.4 Å². The van der Waals surface area contributed by atoms with E-state index in [-0.39, 0.29) is 11.4 Å². The molecule has 6 nitrogen and oxygen atoms in total. The van der Waals surface area contributed by atoms with Gasteiger partial charge in [0.25, 0.3) is 5.56 Å². The standard InChI is InChI=1S/C24H29FN4O2/c1-15-12-26-22(16(2)23(15)31-4)14-28-9-7-18(8-10-28)13-29-17(3)27-21-11-19(25)5-6-20(21)24(29)30/h5-6,11-12,18H,7-10,13-14H2,1-4H3. The SMILES string of the molecule is COc1c(C)cnc(CN2CCC(Cn3c(C)nc4cc(F)ccc4c3=O)CC2)c1C. The Hall–Kier alpha value is -2.80. The second kappa shape index (κ2) is 8.75. The van der Waals surface area contributed by atoms with Crippen molar-refractivity contribution < 1.29 is 9.13 Å². The summed E-state index contributed by atoms with van der Waals surface area (Å²) in [7, 11) is 1.70. The van der Waals surface area contributed by atoms with Crippen LogP contribution in [0.25, 0.3) is 10.9 Å². The van der Waals surface area contributed by atoms with Gasteiger partial charge in [0.15, 0.2) is 0 Å². The second-order valence-corrected chi connectivity index (χ2v) is 8.50. The summed E-state index contributed by atoms with van der Waals surface area (Å²) in [5.41, 5.74) is 3.54. The third-order valence-electron chi connectivity index (χ3n) is 6.38. The molecule has 0 spiro atoms. The quantitative estimate of drug-likeness (QED) is 0.624. The molecule has 4 rings (SSSR count). The van der Waals surface area contributed by atoms with E-state index in [4.69, 9.17) is 4.74 Å². The van der Waals surface area contributed by atoms with Crippen molar-refractivity contribution in [3.63, 3.8) is 0 Å². The highest BCUT2D eigenvalue weighted by Crippen LogP contribution is 2.26. The number of rotatable bonds is 5. The molecule has 0 amide bonds. The minimum atomic E-state index is -0.375. The third kappa shape index (κ3) is 4.32. The monoisotopic (exact) mass is 424 g/mol. The predicted octanol–water partition coefficient (Wildman–Crippen LogP) is 3.78. The van der Waals surface area contributed by atoms with Gasteiger partial charge in [-0.3, -0.25) is 19.2 Å². The molecule has 2 aromatic heterocycles. The first-order valence-electron chi connectivity index (χ1n) is 10.8. The summed E-state index contributed by atoms with van der Waals surface area (Å²) in [5.74, 6) is 1.59. The van der Waals surface area contributed by atoms with Gasteiger partial charge < -0.3 is 4.74 Å². The molecule has 0 unspecified atom stereocenters. The van der Waals surface area contributed by atoms with Crippen LogP contribution < -0.4 is 10.3 Å². The Balaban J connectivity index is 1.43. The summed E-state index contributed by atoms with van der Waals surface area (Å²) in [5, 5.41) is 0.472. The molecule has 7 heteroatoms. The predicted molar refractivity (Wildman–Crippen MR) is 119 cm³/mol. The minimum Gasteiger partial charge on any atom is -0.496 e. The number of hydrogen-bond donors (Lipinski definition) is 0. The van der Waals surface area contributed by atoms with Crippen LogP contribution in [0.2, 0.25) is 0 Å². The van der Waals surface area contributed by atoms with E-state index < -0.39 is 0 Å². The average molecular weight is 425 g/mol. The number of benzene rings is 1. The fraction of sp³-hybridized carbons (Fsp3) is 0.458. The fourth-order valence-electron chi connectivity index (χ4n) is 4.55. The summed E-state index contributed by atoms with van der Waals surface area (Å²) in [6.45, 7) is 9.26. The lowest BCUT2D eigenvalue weighted by atomic mass is 9.96. The Bertz CT molecular complexity index is 1170. The molecule has 0 radical (unpaired) electrons. The van der Waals surface area contributed by atoms with Gasteiger partial charge in [-0.2, -0.15) is 0 Å². The van der Waals surface area contributed by atoms with E-state index in [0.29, 0.717) is 29.2 Å². The highest BCUT2D eigenvalue weighted by molar-refractivity contribution is 5.77. The molecule has 0 aliphatic carbocycles. The third-order valence-corrected chi connectivity index (χ3v) is 6.38. The molecule has 3 heterocycles. The molecule has 0 saturated carbocycles. The molecule has 1 aliphatic heterocycles. The number of aryl methyl sites for hydroxylation is 2. The van der Waals surface area contributed by atoms with Gasteiger partial charge in [-0.15, -0.1) is 0 Å². The summed E-state index contributed by atoms with van der Waals surface area (Å²) >= 11 is 0. The number of halogens is 1. The number of ether oxygens (including phenoxy) is 1. The maximum Gasteiger partial charge on any atom is 0.261 e. The number of hydrogen-bond acceptors (Lipinski definition) is 5. The lowest BCUT2D eigenvalue weighted by Crippen LogP contribution is -2.37. The Morgan fingerprint density at radius 1 is 1.19 bits per heavy atom. The lowest BCUT2D eigenvalue weighted by Gasteiger charge is -2.32. The van der Waals surface area contributed by atoms with Crippen LogP contribution in [0.4, 0.5) is 4.39 Å². The smallest absolute Gasteiger partial charge is 0.261 e. The van der Waals surface area contributed by atoms with Crippen molar-refractivity contribution in [2.24, 2.45) is 5.92 Å². The minimum absolute atomic E-state index is 0.0866. The Morgan fingerprint density at radius 3 is 2.65 bits per heavy atom.